The fourth-order valence-corrected chi connectivity index (χ4v) is 2.01. The van der Waals surface area contributed by atoms with Crippen molar-refractivity contribution in [1.82, 2.24) is 15.0 Å². The number of anilines is 1. The van der Waals surface area contributed by atoms with Crippen LogP contribution in [0.2, 0.25) is 0 Å². The number of rotatable bonds is 5. The highest BCUT2D eigenvalue weighted by Crippen LogP contribution is 2.19. The van der Waals surface area contributed by atoms with E-state index in [0.717, 1.165) is 16.1 Å². The number of aromatic nitrogens is 3. The second kappa shape index (κ2) is 6.40. The average Bonchev–Trinajstić information content (AvgIpc) is 2.25. The Morgan fingerprint density at radius 3 is 2.40 bits per heavy atom. The van der Waals surface area contributed by atoms with Crippen molar-refractivity contribution in [3.63, 3.8) is 0 Å². The fraction of sp³-hybridized carbons (Fsp3) is 0.625. The molecule has 84 valence electrons. The first-order valence-electron chi connectivity index (χ1n) is 4.33. The van der Waals surface area contributed by atoms with Gasteiger partial charge < -0.3 is 4.90 Å². The Balaban J connectivity index is 2.90. The molecule has 1 rings (SSSR count). The van der Waals surface area contributed by atoms with Crippen LogP contribution in [0.15, 0.2) is 10.3 Å². The number of halogens is 1. The SMILES string of the molecule is CSc1nc(SCCCl)nc(N(C)C)n1. The predicted octanol–water partition coefficient (Wildman–Crippen LogP) is 1.99. The van der Waals surface area contributed by atoms with Crippen molar-refractivity contribution in [1.29, 1.82) is 0 Å². The number of nitrogens with zero attached hydrogens (tertiary/aromatic N) is 4. The molecule has 0 fully saturated rings. The third kappa shape index (κ3) is 4.04. The van der Waals surface area contributed by atoms with Gasteiger partial charge in [0.25, 0.3) is 0 Å². The highest BCUT2D eigenvalue weighted by Gasteiger charge is 2.07. The van der Waals surface area contributed by atoms with Crippen LogP contribution in [0.4, 0.5) is 5.95 Å². The summed E-state index contributed by atoms with van der Waals surface area (Å²) in [6, 6.07) is 0. The van der Waals surface area contributed by atoms with E-state index in [1.165, 1.54) is 11.8 Å². The van der Waals surface area contributed by atoms with Gasteiger partial charge in [-0.25, -0.2) is 0 Å². The summed E-state index contributed by atoms with van der Waals surface area (Å²) in [6.07, 6.45) is 1.95. The summed E-state index contributed by atoms with van der Waals surface area (Å²) in [4.78, 5) is 14.8. The molecule has 0 saturated carbocycles. The molecule has 1 aromatic rings. The zero-order valence-electron chi connectivity index (χ0n) is 8.90. The lowest BCUT2D eigenvalue weighted by Crippen LogP contribution is -2.14. The van der Waals surface area contributed by atoms with Gasteiger partial charge >= 0.3 is 0 Å². The molecule has 0 aliphatic carbocycles. The van der Waals surface area contributed by atoms with Crippen molar-refractivity contribution in [2.45, 2.75) is 10.3 Å². The number of alkyl halides is 1. The predicted molar refractivity (Wildman–Crippen MR) is 67.4 cm³/mol. The molecule has 1 heterocycles. The zero-order chi connectivity index (χ0) is 11.3. The van der Waals surface area contributed by atoms with Crippen LogP contribution >= 0.6 is 35.1 Å². The van der Waals surface area contributed by atoms with E-state index < -0.39 is 0 Å². The Hall–Kier alpha value is -0.200. The highest BCUT2D eigenvalue weighted by molar-refractivity contribution is 7.99. The quantitative estimate of drug-likeness (QED) is 0.599. The van der Waals surface area contributed by atoms with E-state index in [0.29, 0.717) is 11.8 Å². The van der Waals surface area contributed by atoms with Gasteiger partial charge in [0.1, 0.15) is 0 Å². The second-order valence-corrected chi connectivity index (χ2v) is 5.05. The van der Waals surface area contributed by atoms with Crippen molar-refractivity contribution in [2.24, 2.45) is 0 Å². The Labute approximate surface area is 103 Å². The lowest BCUT2D eigenvalue weighted by atomic mass is 10.8. The molecule has 0 unspecified atom stereocenters. The van der Waals surface area contributed by atoms with Crippen molar-refractivity contribution in [3.05, 3.63) is 0 Å². The number of hydrogen-bond donors (Lipinski definition) is 0. The fourth-order valence-electron chi connectivity index (χ4n) is 0.814. The number of hydrogen-bond acceptors (Lipinski definition) is 6. The van der Waals surface area contributed by atoms with Gasteiger partial charge in [-0.15, -0.1) is 11.6 Å². The van der Waals surface area contributed by atoms with E-state index in [2.05, 4.69) is 15.0 Å². The molecule has 0 atom stereocenters. The maximum absolute atomic E-state index is 5.62. The Bertz CT molecular complexity index is 322. The Kier molecular flexibility index (Phi) is 5.49. The third-order valence-electron chi connectivity index (χ3n) is 1.47. The van der Waals surface area contributed by atoms with E-state index in [1.54, 1.807) is 11.8 Å². The molecule has 0 amide bonds. The second-order valence-electron chi connectivity index (χ2n) is 2.84. The maximum Gasteiger partial charge on any atom is 0.229 e. The standard InChI is InChI=1S/C8H13ClN4S2/c1-13(2)6-10-7(14-3)12-8(11-6)15-5-4-9/h4-5H2,1-3H3. The molecule has 0 aromatic carbocycles. The molecule has 0 saturated heterocycles. The minimum absolute atomic E-state index is 0.599. The molecule has 4 nitrogen and oxygen atoms in total. The van der Waals surface area contributed by atoms with Crippen LogP contribution in [0.1, 0.15) is 0 Å². The van der Waals surface area contributed by atoms with Crippen LogP contribution in [0, 0.1) is 0 Å². The van der Waals surface area contributed by atoms with Crippen molar-refractivity contribution in [3.8, 4) is 0 Å². The molecule has 0 N–H and O–H groups in total. The topological polar surface area (TPSA) is 41.9 Å². The van der Waals surface area contributed by atoms with Crippen LogP contribution < -0.4 is 4.90 Å². The zero-order valence-corrected chi connectivity index (χ0v) is 11.3. The minimum Gasteiger partial charge on any atom is -0.347 e. The van der Waals surface area contributed by atoms with E-state index >= 15 is 0 Å². The summed E-state index contributed by atoms with van der Waals surface area (Å²) in [7, 11) is 3.82. The van der Waals surface area contributed by atoms with Gasteiger partial charge in [0, 0.05) is 25.7 Å². The molecule has 1 aromatic heterocycles. The summed E-state index contributed by atoms with van der Waals surface area (Å²) in [5.74, 6) is 2.10. The Morgan fingerprint density at radius 1 is 1.20 bits per heavy atom. The summed E-state index contributed by atoms with van der Waals surface area (Å²) >= 11 is 8.68. The molecule has 0 spiro atoms. The first-order chi connectivity index (χ1) is 7.17. The number of thioether (sulfide) groups is 2. The summed E-state index contributed by atoms with van der Waals surface area (Å²) in [5, 5.41) is 1.48. The first-order valence-corrected chi connectivity index (χ1v) is 7.08. The largest absolute Gasteiger partial charge is 0.347 e. The van der Waals surface area contributed by atoms with E-state index in [-0.39, 0.29) is 0 Å². The van der Waals surface area contributed by atoms with Gasteiger partial charge in [0.15, 0.2) is 10.3 Å². The van der Waals surface area contributed by atoms with Crippen LogP contribution in [0.5, 0.6) is 0 Å². The summed E-state index contributed by atoms with van der Waals surface area (Å²) in [6.45, 7) is 0. The highest BCUT2D eigenvalue weighted by atomic mass is 35.5. The first kappa shape index (κ1) is 12.9. The minimum atomic E-state index is 0.599. The van der Waals surface area contributed by atoms with Gasteiger partial charge in [0.2, 0.25) is 5.95 Å². The molecule has 0 bridgehead atoms. The van der Waals surface area contributed by atoms with Gasteiger partial charge in [-0.1, -0.05) is 23.5 Å². The third-order valence-corrected chi connectivity index (χ3v) is 3.28. The van der Waals surface area contributed by atoms with Gasteiger partial charge in [-0.3, -0.25) is 0 Å². The van der Waals surface area contributed by atoms with Crippen LogP contribution in [0.25, 0.3) is 0 Å². The van der Waals surface area contributed by atoms with E-state index in [1.807, 2.05) is 25.3 Å². The lowest BCUT2D eigenvalue weighted by Gasteiger charge is -2.11. The maximum atomic E-state index is 5.62. The molecule has 15 heavy (non-hydrogen) atoms. The van der Waals surface area contributed by atoms with Crippen LogP contribution in [0.3, 0.4) is 0 Å². The molecule has 0 radical (unpaired) electrons. The molecule has 7 heteroatoms. The van der Waals surface area contributed by atoms with Crippen LogP contribution in [-0.4, -0.2) is 46.9 Å². The van der Waals surface area contributed by atoms with Crippen molar-refractivity contribution < 1.29 is 0 Å². The monoisotopic (exact) mass is 264 g/mol. The Morgan fingerprint density at radius 2 is 1.87 bits per heavy atom. The molecular formula is C8H13ClN4S2. The molecule has 0 aliphatic rings. The lowest BCUT2D eigenvalue weighted by molar-refractivity contribution is 0.783. The van der Waals surface area contributed by atoms with Gasteiger partial charge in [0.05, 0.1) is 0 Å². The molecule has 0 aliphatic heterocycles. The smallest absolute Gasteiger partial charge is 0.229 e. The van der Waals surface area contributed by atoms with Crippen molar-refractivity contribution in [2.75, 3.05) is 36.9 Å². The van der Waals surface area contributed by atoms with Gasteiger partial charge in [-0.2, -0.15) is 15.0 Å². The summed E-state index contributed by atoms with van der Waals surface area (Å²) in [5.41, 5.74) is 0. The normalized spacial score (nSPS) is 10.4. The van der Waals surface area contributed by atoms with Crippen LogP contribution in [-0.2, 0) is 0 Å². The average molecular weight is 265 g/mol. The van der Waals surface area contributed by atoms with Crippen molar-refractivity contribution >= 4 is 41.1 Å². The molecular weight excluding hydrogens is 252 g/mol. The summed E-state index contributed by atoms with van der Waals surface area (Å²) < 4.78 is 0. The van der Waals surface area contributed by atoms with Gasteiger partial charge in [-0.05, 0) is 6.26 Å². The van der Waals surface area contributed by atoms with E-state index in [4.69, 9.17) is 11.6 Å². The van der Waals surface area contributed by atoms with E-state index in [9.17, 15) is 0 Å².